The van der Waals surface area contributed by atoms with Crippen LogP contribution in [0.3, 0.4) is 0 Å². The van der Waals surface area contributed by atoms with Crippen LogP contribution in [-0.4, -0.2) is 41.7 Å². The number of amides is 2. The van der Waals surface area contributed by atoms with Gasteiger partial charge in [-0.2, -0.15) is 0 Å². The van der Waals surface area contributed by atoms with Crippen LogP contribution in [0.1, 0.15) is 26.2 Å². The van der Waals surface area contributed by atoms with Gasteiger partial charge in [-0.1, -0.05) is 18.2 Å². The molecule has 0 aliphatic carbocycles. The smallest absolute Gasteiger partial charge is 0.404 e. The number of hydrogen-bond acceptors (Lipinski definition) is 4. The Hall–Kier alpha value is -3.09. The first kappa shape index (κ1) is 19.7. The van der Waals surface area contributed by atoms with Crippen LogP contribution in [0.5, 0.6) is 0 Å². The van der Waals surface area contributed by atoms with Gasteiger partial charge in [-0.15, -0.1) is 0 Å². The summed E-state index contributed by atoms with van der Waals surface area (Å²) in [6, 6.07) is 13.7. The lowest BCUT2D eigenvalue weighted by atomic mass is 9.93. The summed E-state index contributed by atoms with van der Waals surface area (Å²) in [5, 5.41) is 13.9. The third-order valence-electron chi connectivity index (χ3n) is 5.00. The molecule has 0 saturated carbocycles. The van der Waals surface area contributed by atoms with Gasteiger partial charge in [-0.05, 0) is 49.4 Å². The number of carboxylic acid groups (broad SMARTS) is 1. The van der Waals surface area contributed by atoms with Crippen LogP contribution in [0, 0.1) is 5.92 Å². The maximum atomic E-state index is 11.1. The highest BCUT2D eigenvalue weighted by Crippen LogP contribution is 2.26. The van der Waals surface area contributed by atoms with Crippen molar-refractivity contribution in [2.45, 2.75) is 26.2 Å². The Balaban J connectivity index is 1.59. The van der Waals surface area contributed by atoms with E-state index in [1.807, 2.05) is 42.5 Å². The molecule has 1 fully saturated rings. The van der Waals surface area contributed by atoms with Crippen molar-refractivity contribution in [3.8, 4) is 11.3 Å². The molecule has 1 aliphatic heterocycles. The van der Waals surface area contributed by atoms with E-state index >= 15 is 0 Å². The van der Waals surface area contributed by atoms with E-state index in [1.54, 1.807) is 0 Å². The maximum absolute atomic E-state index is 11.1. The molecule has 0 atom stereocenters. The number of pyridine rings is 1. The number of nitrogens with zero attached hydrogens (tertiary/aromatic N) is 2. The van der Waals surface area contributed by atoms with E-state index in [9.17, 15) is 9.59 Å². The summed E-state index contributed by atoms with van der Waals surface area (Å²) in [6.45, 7) is 3.86. The third kappa shape index (κ3) is 5.45. The number of anilines is 2. The molecule has 1 aromatic heterocycles. The number of hydrogen-bond donors (Lipinski definition) is 3. The number of benzene rings is 1. The Kier molecular flexibility index (Phi) is 6.47. The van der Waals surface area contributed by atoms with Gasteiger partial charge in [0.1, 0.15) is 5.82 Å². The largest absolute Gasteiger partial charge is 0.465 e. The number of piperidine rings is 1. The van der Waals surface area contributed by atoms with Crippen molar-refractivity contribution < 1.29 is 14.7 Å². The number of rotatable bonds is 6. The predicted molar refractivity (Wildman–Crippen MR) is 110 cm³/mol. The van der Waals surface area contributed by atoms with Gasteiger partial charge in [0.2, 0.25) is 5.91 Å². The fourth-order valence-electron chi connectivity index (χ4n) is 3.52. The van der Waals surface area contributed by atoms with Crippen LogP contribution in [-0.2, 0) is 4.79 Å². The van der Waals surface area contributed by atoms with E-state index in [-0.39, 0.29) is 5.91 Å². The van der Waals surface area contributed by atoms with Crippen LogP contribution in [0.4, 0.5) is 16.3 Å². The summed E-state index contributed by atoms with van der Waals surface area (Å²) in [5.41, 5.74) is 2.68. The highest BCUT2D eigenvalue weighted by atomic mass is 16.4. The first-order chi connectivity index (χ1) is 13.5. The Morgan fingerprint density at radius 1 is 1.14 bits per heavy atom. The molecule has 1 aliphatic rings. The van der Waals surface area contributed by atoms with Crippen molar-refractivity contribution in [1.29, 1.82) is 0 Å². The monoisotopic (exact) mass is 382 g/mol. The molecular weight excluding hydrogens is 356 g/mol. The second-order valence-corrected chi connectivity index (χ2v) is 7.09. The van der Waals surface area contributed by atoms with Gasteiger partial charge in [0.15, 0.2) is 0 Å². The minimum absolute atomic E-state index is 0.0879. The standard InChI is InChI=1S/C21H26N4O3/c1-15(26)23-18-7-5-17(6-8-18)19-3-2-4-20(24-19)25-13-10-16(11-14-25)9-12-22-21(27)28/h2-8,16,22H,9-14H2,1H3,(H,23,26)(H,27,28). The zero-order valence-electron chi connectivity index (χ0n) is 16.0. The Labute approximate surface area is 164 Å². The van der Waals surface area contributed by atoms with Gasteiger partial charge >= 0.3 is 6.09 Å². The molecule has 3 N–H and O–H groups in total. The van der Waals surface area contributed by atoms with E-state index in [4.69, 9.17) is 10.1 Å². The average Bonchev–Trinajstić information content (AvgIpc) is 2.68. The molecule has 7 nitrogen and oxygen atoms in total. The second kappa shape index (κ2) is 9.21. The summed E-state index contributed by atoms with van der Waals surface area (Å²) in [5.74, 6) is 1.42. The van der Waals surface area contributed by atoms with E-state index in [0.29, 0.717) is 12.5 Å². The van der Waals surface area contributed by atoms with Crippen LogP contribution in [0.2, 0.25) is 0 Å². The van der Waals surface area contributed by atoms with Gasteiger partial charge in [0, 0.05) is 37.8 Å². The SMILES string of the molecule is CC(=O)Nc1ccc(-c2cccc(N3CCC(CCNC(=O)O)CC3)n2)cc1. The van der Waals surface area contributed by atoms with Crippen molar-refractivity contribution in [3.05, 3.63) is 42.5 Å². The Morgan fingerprint density at radius 3 is 2.50 bits per heavy atom. The number of aromatic nitrogens is 1. The van der Waals surface area contributed by atoms with Crippen molar-refractivity contribution in [3.63, 3.8) is 0 Å². The van der Waals surface area contributed by atoms with Gasteiger partial charge in [-0.3, -0.25) is 4.79 Å². The molecule has 7 heteroatoms. The van der Waals surface area contributed by atoms with E-state index in [2.05, 4.69) is 15.5 Å². The molecule has 148 valence electrons. The van der Waals surface area contributed by atoms with Crippen LogP contribution in [0.15, 0.2) is 42.5 Å². The normalized spacial score (nSPS) is 14.5. The Bertz CT molecular complexity index is 815. The van der Waals surface area contributed by atoms with Gasteiger partial charge in [0.05, 0.1) is 5.69 Å². The van der Waals surface area contributed by atoms with Crippen molar-refractivity contribution in [2.75, 3.05) is 29.9 Å². The van der Waals surface area contributed by atoms with Crippen LogP contribution < -0.4 is 15.5 Å². The van der Waals surface area contributed by atoms with E-state index in [0.717, 1.165) is 55.1 Å². The average molecular weight is 382 g/mol. The summed E-state index contributed by atoms with van der Waals surface area (Å²) in [4.78, 5) is 28.8. The molecule has 0 unspecified atom stereocenters. The van der Waals surface area contributed by atoms with E-state index in [1.165, 1.54) is 6.92 Å². The molecule has 2 aromatic rings. The fraction of sp³-hybridized carbons (Fsp3) is 0.381. The summed E-state index contributed by atoms with van der Waals surface area (Å²) in [7, 11) is 0. The molecule has 3 rings (SSSR count). The van der Waals surface area contributed by atoms with Gasteiger partial charge in [0.25, 0.3) is 0 Å². The molecule has 1 aromatic carbocycles. The van der Waals surface area contributed by atoms with E-state index < -0.39 is 6.09 Å². The van der Waals surface area contributed by atoms with Crippen LogP contribution in [0.25, 0.3) is 11.3 Å². The molecule has 0 spiro atoms. The van der Waals surface area contributed by atoms with Crippen LogP contribution >= 0.6 is 0 Å². The molecule has 2 heterocycles. The number of carbonyl (C=O) groups excluding carboxylic acids is 1. The summed E-state index contributed by atoms with van der Waals surface area (Å²) >= 11 is 0. The molecular formula is C21H26N4O3. The highest BCUT2D eigenvalue weighted by molar-refractivity contribution is 5.88. The lowest BCUT2D eigenvalue weighted by Gasteiger charge is -2.33. The fourth-order valence-corrected chi connectivity index (χ4v) is 3.52. The lowest BCUT2D eigenvalue weighted by molar-refractivity contribution is -0.114. The second-order valence-electron chi connectivity index (χ2n) is 7.09. The third-order valence-corrected chi connectivity index (χ3v) is 5.00. The minimum atomic E-state index is -0.955. The maximum Gasteiger partial charge on any atom is 0.404 e. The summed E-state index contributed by atoms with van der Waals surface area (Å²) < 4.78 is 0. The molecule has 28 heavy (non-hydrogen) atoms. The van der Waals surface area contributed by atoms with Gasteiger partial charge < -0.3 is 20.6 Å². The Morgan fingerprint density at radius 2 is 1.86 bits per heavy atom. The minimum Gasteiger partial charge on any atom is -0.465 e. The molecule has 0 radical (unpaired) electrons. The zero-order valence-corrected chi connectivity index (χ0v) is 16.0. The number of nitrogens with one attached hydrogen (secondary N) is 2. The predicted octanol–water partition coefficient (Wildman–Crippen LogP) is 3.58. The molecule has 0 bridgehead atoms. The zero-order chi connectivity index (χ0) is 19.9. The molecule has 1 saturated heterocycles. The lowest BCUT2D eigenvalue weighted by Crippen LogP contribution is -2.35. The van der Waals surface area contributed by atoms with Crippen molar-refractivity contribution in [2.24, 2.45) is 5.92 Å². The van der Waals surface area contributed by atoms with Crippen molar-refractivity contribution in [1.82, 2.24) is 10.3 Å². The first-order valence-corrected chi connectivity index (χ1v) is 9.58. The van der Waals surface area contributed by atoms with Gasteiger partial charge in [-0.25, -0.2) is 9.78 Å². The topological polar surface area (TPSA) is 94.6 Å². The van der Waals surface area contributed by atoms with Crippen molar-refractivity contribution >= 4 is 23.5 Å². The molecule has 2 amide bonds. The summed E-state index contributed by atoms with van der Waals surface area (Å²) in [6.07, 6.45) is 2.01. The number of carbonyl (C=O) groups is 2. The quantitative estimate of drug-likeness (QED) is 0.710. The first-order valence-electron chi connectivity index (χ1n) is 9.58. The highest BCUT2D eigenvalue weighted by Gasteiger charge is 2.20.